The molecule has 19 heavy (non-hydrogen) atoms. The summed E-state index contributed by atoms with van der Waals surface area (Å²) in [7, 11) is 0. The molecule has 0 aliphatic heterocycles. The molecule has 0 amide bonds. The Morgan fingerprint density at radius 1 is 1.16 bits per heavy atom. The highest BCUT2D eigenvalue weighted by Crippen LogP contribution is 2.34. The maximum Gasteiger partial charge on any atom is 0.0150 e. The topological polar surface area (TPSA) is 0 Å². The smallest absolute Gasteiger partial charge is 0.0150 e. The fourth-order valence-electron chi connectivity index (χ4n) is 2.26. The van der Waals surface area contributed by atoms with Gasteiger partial charge in [0.05, 0.1) is 0 Å². The summed E-state index contributed by atoms with van der Waals surface area (Å²) >= 11 is 9.24. The molecule has 0 bridgehead atoms. The average Bonchev–Trinajstić information content (AvgIpc) is 2.94. The molecule has 0 N–H and O–H groups in total. The van der Waals surface area contributed by atoms with Gasteiger partial charge in [0.1, 0.15) is 0 Å². The number of hydrogen-bond donors (Lipinski definition) is 0. The quantitative estimate of drug-likeness (QED) is 0.543. The maximum absolute atomic E-state index is 3.73. The second kappa shape index (κ2) is 7.05. The van der Waals surface area contributed by atoms with Crippen LogP contribution in [0, 0.1) is 6.92 Å². The van der Waals surface area contributed by atoms with E-state index in [1.807, 2.05) is 0 Å². The third kappa shape index (κ3) is 3.71. The summed E-state index contributed by atoms with van der Waals surface area (Å²) in [5, 5.41) is 6.38. The van der Waals surface area contributed by atoms with Gasteiger partial charge in [0.25, 0.3) is 0 Å². The largest absolute Gasteiger partial charge is 0.152 e. The summed E-state index contributed by atoms with van der Waals surface area (Å²) in [6.07, 6.45) is 2.29. The molecule has 0 nitrogen and oxygen atoms in total. The Morgan fingerprint density at radius 2 is 1.95 bits per heavy atom. The average molecular weight is 402 g/mol. The molecular formula is C16H18Br2S. The molecule has 3 heteroatoms. The minimum absolute atomic E-state index is 0.175. The summed E-state index contributed by atoms with van der Waals surface area (Å²) in [6.45, 7) is 2.16. The molecule has 0 spiro atoms. The number of thiophene rings is 1. The zero-order valence-corrected chi connectivity index (χ0v) is 15.0. The molecule has 2 rings (SSSR count). The zero-order chi connectivity index (χ0) is 13.7. The van der Waals surface area contributed by atoms with Crippen molar-refractivity contribution < 1.29 is 0 Å². The van der Waals surface area contributed by atoms with Crippen molar-refractivity contribution >= 4 is 43.2 Å². The van der Waals surface area contributed by atoms with Gasteiger partial charge in [-0.2, -0.15) is 11.3 Å². The lowest BCUT2D eigenvalue weighted by Crippen LogP contribution is -2.31. The number of alkyl halides is 2. The first-order valence-corrected chi connectivity index (χ1v) is 9.59. The van der Waals surface area contributed by atoms with Gasteiger partial charge >= 0.3 is 0 Å². The van der Waals surface area contributed by atoms with E-state index in [0.29, 0.717) is 0 Å². The fraction of sp³-hybridized carbons (Fsp3) is 0.375. The number of aryl methyl sites for hydroxylation is 2. The van der Waals surface area contributed by atoms with Gasteiger partial charge in [-0.25, -0.2) is 0 Å². The van der Waals surface area contributed by atoms with Crippen molar-refractivity contribution in [2.24, 2.45) is 0 Å². The summed E-state index contributed by atoms with van der Waals surface area (Å²) in [4.78, 5) is 0. The third-order valence-electron chi connectivity index (χ3n) is 3.61. The molecule has 0 saturated heterocycles. The Hall–Kier alpha value is -0.120. The number of hydrogen-bond acceptors (Lipinski definition) is 1. The van der Waals surface area contributed by atoms with Crippen molar-refractivity contribution in [2.45, 2.75) is 25.2 Å². The molecule has 0 aliphatic rings. The van der Waals surface area contributed by atoms with Gasteiger partial charge in [0.15, 0.2) is 0 Å². The second-order valence-electron chi connectivity index (χ2n) is 5.05. The Bertz CT molecular complexity index is 501. The lowest BCUT2D eigenvalue weighted by Gasteiger charge is -2.31. The Labute approximate surface area is 136 Å². The first-order chi connectivity index (χ1) is 9.20. The van der Waals surface area contributed by atoms with E-state index in [9.17, 15) is 0 Å². The van der Waals surface area contributed by atoms with Crippen LogP contribution in [0.1, 0.15) is 23.1 Å². The van der Waals surface area contributed by atoms with Crippen LogP contribution >= 0.6 is 43.2 Å². The van der Waals surface area contributed by atoms with Gasteiger partial charge in [0, 0.05) is 16.1 Å². The van der Waals surface area contributed by atoms with Gasteiger partial charge in [-0.3, -0.25) is 0 Å². The summed E-state index contributed by atoms with van der Waals surface area (Å²) < 4.78 is 0. The molecule has 2 aromatic rings. The minimum Gasteiger partial charge on any atom is -0.152 e. The zero-order valence-electron chi connectivity index (χ0n) is 11.0. The lowest BCUT2D eigenvalue weighted by molar-refractivity contribution is 0.505. The monoisotopic (exact) mass is 400 g/mol. The third-order valence-corrected chi connectivity index (χ3v) is 6.49. The van der Waals surface area contributed by atoms with E-state index in [-0.39, 0.29) is 5.41 Å². The van der Waals surface area contributed by atoms with E-state index < -0.39 is 0 Å². The predicted molar refractivity (Wildman–Crippen MR) is 93.1 cm³/mol. The molecule has 0 saturated carbocycles. The van der Waals surface area contributed by atoms with Crippen molar-refractivity contribution in [3.63, 3.8) is 0 Å². The molecule has 1 heterocycles. The summed E-state index contributed by atoms with van der Waals surface area (Å²) in [5.74, 6) is 0. The SMILES string of the molecule is Cc1cccc(C(CBr)(CBr)CCc2ccsc2)c1. The fourth-order valence-corrected chi connectivity index (χ4v) is 5.10. The second-order valence-corrected chi connectivity index (χ2v) is 6.95. The maximum atomic E-state index is 3.73. The van der Waals surface area contributed by atoms with E-state index in [1.165, 1.54) is 16.7 Å². The molecule has 0 atom stereocenters. The van der Waals surface area contributed by atoms with Gasteiger partial charge < -0.3 is 0 Å². The van der Waals surface area contributed by atoms with Crippen molar-refractivity contribution in [1.82, 2.24) is 0 Å². The standard InChI is InChI=1S/C16H18Br2S/c1-13-3-2-4-15(9-13)16(11-17,12-18)7-5-14-6-8-19-10-14/h2-4,6,8-10H,5,7,11-12H2,1H3. The van der Waals surface area contributed by atoms with Crippen LogP contribution in [-0.4, -0.2) is 10.7 Å². The normalized spacial score (nSPS) is 11.7. The van der Waals surface area contributed by atoms with Crippen LogP contribution in [0.25, 0.3) is 0 Å². The number of halogens is 2. The predicted octanol–water partition coefficient (Wildman–Crippen LogP) is 5.72. The van der Waals surface area contributed by atoms with Gasteiger partial charge in [-0.05, 0) is 47.7 Å². The minimum atomic E-state index is 0.175. The van der Waals surface area contributed by atoms with Crippen molar-refractivity contribution in [3.8, 4) is 0 Å². The van der Waals surface area contributed by atoms with E-state index in [0.717, 1.165) is 23.5 Å². The van der Waals surface area contributed by atoms with E-state index >= 15 is 0 Å². The highest BCUT2D eigenvalue weighted by Gasteiger charge is 2.29. The Balaban J connectivity index is 2.21. The van der Waals surface area contributed by atoms with Crippen LogP contribution in [0.4, 0.5) is 0 Å². The van der Waals surface area contributed by atoms with E-state index in [2.05, 4.69) is 79.9 Å². The molecule has 0 unspecified atom stereocenters. The van der Waals surface area contributed by atoms with Gasteiger partial charge in [-0.15, -0.1) is 0 Å². The molecule has 1 aromatic heterocycles. The lowest BCUT2D eigenvalue weighted by atomic mass is 9.79. The molecule has 102 valence electrons. The van der Waals surface area contributed by atoms with Crippen LogP contribution in [-0.2, 0) is 11.8 Å². The Morgan fingerprint density at radius 3 is 2.53 bits per heavy atom. The summed E-state index contributed by atoms with van der Waals surface area (Å²) in [5.41, 5.74) is 4.38. The summed E-state index contributed by atoms with van der Waals surface area (Å²) in [6, 6.07) is 11.1. The molecule has 1 aromatic carbocycles. The molecule has 0 aliphatic carbocycles. The van der Waals surface area contributed by atoms with E-state index in [1.54, 1.807) is 11.3 Å². The van der Waals surface area contributed by atoms with Crippen LogP contribution in [0.15, 0.2) is 41.1 Å². The first kappa shape index (κ1) is 15.3. The van der Waals surface area contributed by atoms with E-state index in [4.69, 9.17) is 0 Å². The van der Waals surface area contributed by atoms with Crippen LogP contribution < -0.4 is 0 Å². The highest BCUT2D eigenvalue weighted by molar-refractivity contribution is 9.09. The highest BCUT2D eigenvalue weighted by atomic mass is 79.9. The molecule has 0 radical (unpaired) electrons. The molecule has 0 fully saturated rings. The van der Waals surface area contributed by atoms with Crippen molar-refractivity contribution in [2.75, 3.05) is 10.7 Å². The molecular weight excluding hydrogens is 384 g/mol. The van der Waals surface area contributed by atoms with Crippen LogP contribution in [0.5, 0.6) is 0 Å². The number of rotatable bonds is 6. The van der Waals surface area contributed by atoms with Gasteiger partial charge in [-0.1, -0.05) is 61.7 Å². The van der Waals surface area contributed by atoms with Gasteiger partial charge in [0.2, 0.25) is 0 Å². The Kier molecular flexibility index (Phi) is 5.67. The van der Waals surface area contributed by atoms with Crippen LogP contribution in [0.2, 0.25) is 0 Å². The first-order valence-electron chi connectivity index (χ1n) is 6.40. The van der Waals surface area contributed by atoms with Crippen molar-refractivity contribution in [1.29, 1.82) is 0 Å². The van der Waals surface area contributed by atoms with Crippen LogP contribution in [0.3, 0.4) is 0 Å². The van der Waals surface area contributed by atoms with Crippen molar-refractivity contribution in [3.05, 3.63) is 57.8 Å². The number of benzene rings is 1.